The van der Waals surface area contributed by atoms with E-state index in [9.17, 15) is 9.59 Å². The molecule has 57 heavy (non-hydrogen) atoms. The zero-order valence-electron chi connectivity index (χ0n) is 31.8. The molecule has 8 aromatic rings. The minimum Gasteiger partial charge on any atom is -0.497 e. The molecule has 0 aliphatic heterocycles. The van der Waals surface area contributed by atoms with Gasteiger partial charge in [-0.1, -0.05) is 17.7 Å². The van der Waals surface area contributed by atoms with E-state index in [2.05, 4.69) is 41.0 Å². The van der Waals surface area contributed by atoms with Crippen LogP contribution in [0.3, 0.4) is 0 Å². The number of nitrogens with zero attached hydrogens (tertiary/aromatic N) is 2. The van der Waals surface area contributed by atoms with E-state index in [4.69, 9.17) is 23.0 Å². The van der Waals surface area contributed by atoms with Gasteiger partial charge in [0.25, 0.3) is 0 Å². The number of hydrogen-bond donors (Lipinski definition) is 0. The Labute approximate surface area is 329 Å². The number of fused-ring (bicyclic) bond motifs is 1. The molecule has 9 nitrogen and oxygen atoms in total. The molecule has 0 radical (unpaired) electrons. The van der Waals surface area contributed by atoms with Crippen molar-refractivity contribution < 1.29 is 23.0 Å². The molecule has 0 N–H and O–H groups in total. The van der Waals surface area contributed by atoms with Crippen molar-refractivity contribution >= 4 is 44.9 Å². The van der Waals surface area contributed by atoms with Gasteiger partial charge in [0.15, 0.2) is 0 Å². The first-order valence-electron chi connectivity index (χ1n) is 18.2. The number of hydrogen-bond acceptors (Lipinski definition) is 9. The van der Waals surface area contributed by atoms with Crippen LogP contribution in [0.1, 0.15) is 5.56 Å². The van der Waals surface area contributed by atoms with Gasteiger partial charge in [-0.3, -0.25) is 0 Å². The summed E-state index contributed by atoms with van der Waals surface area (Å²) in [5, 5.41) is 0.268. The normalized spacial score (nSPS) is 10.9. The van der Waals surface area contributed by atoms with Crippen molar-refractivity contribution in [2.45, 2.75) is 6.92 Å². The fraction of sp³-hybridized carbons (Fsp3) is 0.0833. The highest BCUT2D eigenvalue weighted by atomic mass is 16.5. The Morgan fingerprint density at radius 1 is 0.386 bits per heavy atom. The minimum atomic E-state index is -0.638. The molecule has 0 spiro atoms. The summed E-state index contributed by atoms with van der Waals surface area (Å²) in [6.45, 7) is 2.05. The predicted octanol–water partition coefficient (Wildman–Crippen LogP) is 11.4. The maximum Gasteiger partial charge on any atom is 0.344 e. The molecule has 6 aromatic carbocycles. The molecule has 0 aliphatic rings. The third-order valence-corrected chi connectivity index (χ3v) is 9.79. The van der Waals surface area contributed by atoms with Gasteiger partial charge in [0.2, 0.25) is 0 Å². The van der Waals surface area contributed by atoms with Crippen LogP contribution in [0.5, 0.6) is 17.2 Å². The lowest BCUT2D eigenvalue weighted by Crippen LogP contribution is -2.10. The summed E-state index contributed by atoms with van der Waals surface area (Å²) in [7, 11) is 4.90. The summed E-state index contributed by atoms with van der Waals surface area (Å²) in [6.07, 6.45) is 0. The van der Waals surface area contributed by atoms with Gasteiger partial charge in [-0.05, 0) is 153 Å². The van der Waals surface area contributed by atoms with E-state index in [-0.39, 0.29) is 22.3 Å². The molecular weight excluding hydrogens is 717 g/mol. The molecule has 282 valence electrons. The molecule has 0 fully saturated rings. The lowest BCUT2D eigenvalue weighted by molar-refractivity contribution is 0.414. The van der Waals surface area contributed by atoms with E-state index >= 15 is 0 Å². The summed E-state index contributed by atoms with van der Waals surface area (Å²) in [4.78, 5) is 31.2. The second kappa shape index (κ2) is 15.7. The molecule has 8 rings (SSSR count). The Morgan fingerprint density at radius 3 is 0.930 bits per heavy atom. The second-order valence-corrected chi connectivity index (χ2v) is 13.3. The highest BCUT2D eigenvalue weighted by Crippen LogP contribution is 2.39. The Morgan fingerprint density at radius 2 is 0.649 bits per heavy atom. The molecular formula is C48H38N2O7. The first-order valence-corrected chi connectivity index (χ1v) is 18.2. The molecule has 2 aromatic heterocycles. The highest BCUT2D eigenvalue weighted by Gasteiger charge is 2.18. The summed E-state index contributed by atoms with van der Waals surface area (Å²) in [5.74, 6) is 2.76. The number of benzene rings is 6. The zero-order chi connectivity index (χ0) is 39.5. The predicted molar refractivity (Wildman–Crippen MR) is 226 cm³/mol. The van der Waals surface area contributed by atoms with E-state index < -0.39 is 11.3 Å². The fourth-order valence-electron chi connectivity index (χ4n) is 6.74. The monoisotopic (exact) mass is 754 g/mol. The SMILES string of the molecule is COc1ccc(N(c2ccc(C)cc2)c2ccc(-c3cc4c(=O)oc(-c5ccc(N(c6ccc(OC)cc6)c6ccc(OC)cc6)cc5)cc4c(=O)o3)cc2)cc1. The van der Waals surface area contributed by atoms with Gasteiger partial charge in [0, 0.05) is 45.3 Å². The number of ether oxygens (including phenoxy) is 3. The van der Waals surface area contributed by atoms with Gasteiger partial charge in [-0.2, -0.15) is 0 Å². The van der Waals surface area contributed by atoms with Gasteiger partial charge in [-0.15, -0.1) is 0 Å². The van der Waals surface area contributed by atoms with Crippen LogP contribution in [0.4, 0.5) is 34.1 Å². The van der Waals surface area contributed by atoms with E-state index in [0.717, 1.165) is 56.9 Å². The second-order valence-electron chi connectivity index (χ2n) is 13.3. The Kier molecular flexibility index (Phi) is 10.0. The van der Waals surface area contributed by atoms with Crippen LogP contribution in [0.25, 0.3) is 33.4 Å². The van der Waals surface area contributed by atoms with E-state index in [1.807, 2.05) is 121 Å². The highest BCUT2D eigenvalue weighted by molar-refractivity contribution is 5.87. The van der Waals surface area contributed by atoms with Crippen LogP contribution in [0, 0.1) is 6.92 Å². The van der Waals surface area contributed by atoms with Crippen LogP contribution in [-0.2, 0) is 0 Å². The molecule has 0 saturated heterocycles. The molecule has 0 bridgehead atoms. The fourth-order valence-corrected chi connectivity index (χ4v) is 6.74. The van der Waals surface area contributed by atoms with Crippen molar-refractivity contribution in [3.8, 4) is 39.9 Å². The molecule has 2 heterocycles. The first kappa shape index (κ1) is 36.5. The van der Waals surface area contributed by atoms with Crippen molar-refractivity contribution in [2.24, 2.45) is 0 Å². The zero-order valence-corrected chi connectivity index (χ0v) is 31.8. The van der Waals surface area contributed by atoms with Crippen LogP contribution < -0.4 is 35.3 Å². The third-order valence-electron chi connectivity index (χ3n) is 9.79. The lowest BCUT2D eigenvalue weighted by Gasteiger charge is -2.26. The molecule has 0 unspecified atom stereocenters. The van der Waals surface area contributed by atoms with E-state index in [0.29, 0.717) is 11.1 Å². The van der Waals surface area contributed by atoms with Crippen molar-refractivity contribution in [3.63, 3.8) is 0 Å². The van der Waals surface area contributed by atoms with Crippen LogP contribution >= 0.6 is 0 Å². The van der Waals surface area contributed by atoms with Gasteiger partial charge in [0.1, 0.15) is 28.8 Å². The number of methoxy groups -OCH3 is 3. The summed E-state index contributed by atoms with van der Waals surface area (Å²) < 4.78 is 27.8. The number of anilines is 6. The van der Waals surface area contributed by atoms with Crippen LogP contribution in [0.15, 0.2) is 176 Å². The van der Waals surface area contributed by atoms with Crippen molar-refractivity contribution in [2.75, 3.05) is 31.1 Å². The van der Waals surface area contributed by atoms with Crippen molar-refractivity contribution in [1.29, 1.82) is 0 Å². The quantitative estimate of drug-likeness (QED) is 0.128. The minimum absolute atomic E-state index is 0.133. The topological polar surface area (TPSA) is 94.6 Å². The smallest absolute Gasteiger partial charge is 0.344 e. The average molecular weight is 755 g/mol. The van der Waals surface area contributed by atoms with Gasteiger partial charge < -0.3 is 32.8 Å². The maximum atomic E-state index is 13.5. The number of aryl methyl sites for hydroxylation is 1. The summed E-state index contributed by atoms with van der Waals surface area (Å²) >= 11 is 0. The lowest BCUT2D eigenvalue weighted by atomic mass is 10.1. The van der Waals surface area contributed by atoms with Crippen LogP contribution in [0.2, 0.25) is 0 Å². The summed E-state index contributed by atoms with van der Waals surface area (Å²) in [5.41, 5.74) is 6.63. The average Bonchev–Trinajstić information content (AvgIpc) is 3.26. The largest absolute Gasteiger partial charge is 0.497 e. The van der Waals surface area contributed by atoms with E-state index in [1.54, 1.807) is 33.5 Å². The molecule has 0 atom stereocenters. The molecule has 0 aliphatic carbocycles. The van der Waals surface area contributed by atoms with Gasteiger partial charge in [0.05, 0.1) is 32.1 Å². The van der Waals surface area contributed by atoms with Gasteiger partial charge >= 0.3 is 11.3 Å². The van der Waals surface area contributed by atoms with Crippen LogP contribution in [-0.4, -0.2) is 21.3 Å². The first-order chi connectivity index (χ1) is 27.8. The van der Waals surface area contributed by atoms with Crippen molar-refractivity contribution in [3.05, 3.63) is 184 Å². The molecule has 0 saturated carbocycles. The maximum absolute atomic E-state index is 13.5. The van der Waals surface area contributed by atoms with Crippen molar-refractivity contribution in [1.82, 2.24) is 0 Å². The summed E-state index contributed by atoms with van der Waals surface area (Å²) in [6, 6.07) is 49.9. The Bertz CT molecular complexity index is 2710. The van der Waals surface area contributed by atoms with E-state index in [1.165, 1.54) is 0 Å². The molecule has 0 amide bonds. The molecule has 9 heteroatoms. The standard InChI is InChI=1S/C48H38N2O7/c1-31-5-11-34(12-6-31)49(37-17-23-40(53-2)24-18-37)35-13-7-32(8-14-35)45-29-43-44(47(51)56-45)30-46(57-48(43)52)33-9-15-36(16-10-33)50(38-19-25-41(54-3)26-20-38)39-21-27-42(55-4)28-22-39/h5-30H,1-4H3. The van der Waals surface area contributed by atoms with Gasteiger partial charge in [-0.25, -0.2) is 9.59 Å². The number of rotatable bonds is 11. The Hall–Kier alpha value is -7.52. The third kappa shape index (κ3) is 7.46. The Balaban J connectivity index is 1.10.